The molecule has 11 heteroatoms. The van der Waals surface area contributed by atoms with Gasteiger partial charge in [0, 0.05) is 41.9 Å². The molecule has 1 aliphatic rings. The number of amides is 1. The fourth-order valence-corrected chi connectivity index (χ4v) is 5.21. The van der Waals surface area contributed by atoms with Crippen LogP contribution in [0.1, 0.15) is 34.9 Å². The van der Waals surface area contributed by atoms with E-state index in [1.165, 1.54) is 23.5 Å². The molecule has 5 aromatic rings. The molecule has 0 unspecified atom stereocenters. The van der Waals surface area contributed by atoms with E-state index < -0.39 is 17.5 Å². The van der Waals surface area contributed by atoms with E-state index in [2.05, 4.69) is 30.5 Å². The maximum Gasteiger partial charge on any atom is 0.278 e. The van der Waals surface area contributed by atoms with Crippen LogP contribution in [0.4, 0.5) is 19.6 Å². The molecule has 4 aromatic heterocycles. The number of anilines is 2. The van der Waals surface area contributed by atoms with Crippen LogP contribution in [0.25, 0.3) is 16.1 Å². The van der Waals surface area contributed by atoms with Crippen LogP contribution in [0.15, 0.2) is 67.1 Å². The number of nitrogens with zero attached hydrogens (tertiary/aromatic N) is 6. The summed E-state index contributed by atoms with van der Waals surface area (Å²) in [4.78, 5) is 19.0. The van der Waals surface area contributed by atoms with Gasteiger partial charge in [0.15, 0.2) is 10.7 Å². The van der Waals surface area contributed by atoms with E-state index >= 15 is 0 Å². The molecule has 36 heavy (non-hydrogen) atoms. The summed E-state index contributed by atoms with van der Waals surface area (Å²) in [7, 11) is 0. The molecule has 0 spiro atoms. The SMILES string of the molecule is O=C(Nc1nnc(-c2cccnc2)s1)c1cc2cc(N3CCC[C@@H]3c3cc(F)ccc3F)ccn2n1. The van der Waals surface area contributed by atoms with Gasteiger partial charge in [0.1, 0.15) is 11.6 Å². The van der Waals surface area contributed by atoms with E-state index in [-0.39, 0.29) is 11.7 Å². The van der Waals surface area contributed by atoms with Gasteiger partial charge >= 0.3 is 0 Å². The Morgan fingerprint density at radius 3 is 2.89 bits per heavy atom. The lowest BCUT2D eigenvalue weighted by molar-refractivity contribution is 0.102. The lowest BCUT2D eigenvalue weighted by Gasteiger charge is -2.27. The maximum absolute atomic E-state index is 14.5. The number of carbonyl (C=O) groups excluding carboxylic acids is 1. The second-order valence-electron chi connectivity index (χ2n) is 8.41. The molecule has 1 fully saturated rings. The molecule has 1 amide bonds. The molecule has 0 aliphatic carbocycles. The van der Waals surface area contributed by atoms with Crippen LogP contribution in [0.5, 0.6) is 0 Å². The lowest BCUT2D eigenvalue weighted by atomic mass is 10.0. The highest BCUT2D eigenvalue weighted by Crippen LogP contribution is 2.38. The van der Waals surface area contributed by atoms with Crippen LogP contribution >= 0.6 is 11.3 Å². The number of benzene rings is 1. The van der Waals surface area contributed by atoms with E-state index in [9.17, 15) is 13.6 Å². The molecule has 5 heterocycles. The summed E-state index contributed by atoms with van der Waals surface area (Å²) in [6.07, 6.45) is 6.69. The Hall–Kier alpha value is -4.25. The normalized spacial score (nSPS) is 15.5. The largest absolute Gasteiger partial charge is 0.364 e. The van der Waals surface area contributed by atoms with Crippen molar-refractivity contribution in [1.82, 2.24) is 24.8 Å². The van der Waals surface area contributed by atoms with Crippen molar-refractivity contribution in [3.63, 3.8) is 0 Å². The summed E-state index contributed by atoms with van der Waals surface area (Å²) in [5.41, 5.74) is 2.94. The minimum Gasteiger partial charge on any atom is -0.364 e. The van der Waals surface area contributed by atoms with Crippen LogP contribution < -0.4 is 10.2 Å². The molecule has 1 saturated heterocycles. The number of halogens is 2. The summed E-state index contributed by atoms with van der Waals surface area (Å²) in [5, 5.41) is 16.3. The van der Waals surface area contributed by atoms with Gasteiger partial charge in [-0.2, -0.15) is 5.10 Å². The smallest absolute Gasteiger partial charge is 0.278 e. The van der Waals surface area contributed by atoms with Gasteiger partial charge in [-0.25, -0.2) is 13.3 Å². The molecule has 1 atom stereocenters. The number of hydrogen-bond acceptors (Lipinski definition) is 7. The number of hydrogen-bond donors (Lipinski definition) is 1. The summed E-state index contributed by atoms with van der Waals surface area (Å²) in [6.45, 7) is 0.717. The van der Waals surface area contributed by atoms with Crippen LogP contribution in [0.3, 0.4) is 0 Å². The first-order valence-corrected chi connectivity index (χ1v) is 12.1. The number of aromatic nitrogens is 5. The minimum absolute atomic E-state index is 0.222. The fourth-order valence-electron chi connectivity index (χ4n) is 4.48. The number of rotatable bonds is 5. The second kappa shape index (κ2) is 9.08. The van der Waals surface area contributed by atoms with Crippen molar-refractivity contribution in [3.8, 4) is 10.6 Å². The molecule has 6 rings (SSSR count). The van der Waals surface area contributed by atoms with Crippen LogP contribution in [0, 0.1) is 11.6 Å². The highest BCUT2D eigenvalue weighted by atomic mass is 32.1. The zero-order chi connectivity index (χ0) is 24.6. The molecular weight excluding hydrogens is 484 g/mol. The van der Waals surface area contributed by atoms with Crippen LogP contribution in [0.2, 0.25) is 0 Å². The molecule has 180 valence electrons. The highest BCUT2D eigenvalue weighted by Gasteiger charge is 2.29. The standard InChI is InChI=1S/C25H19F2N7OS/c26-16-5-6-20(27)19(11-16)22-4-2-9-33(22)17-7-10-34-18(12-17)13-21(32-34)23(35)29-25-31-30-24(36-25)15-3-1-8-28-14-15/h1,3,5-8,10-14,22H,2,4,9H2,(H,29,31,35)/t22-/m1/s1. The highest BCUT2D eigenvalue weighted by molar-refractivity contribution is 7.18. The number of pyridine rings is 2. The van der Waals surface area contributed by atoms with E-state index in [1.807, 2.05) is 18.2 Å². The maximum atomic E-state index is 14.5. The Labute approximate surface area is 208 Å². The Morgan fingerprint density at radius 1 is 1.11 bits per heavy atom. The summed E-state index contributed by atoms with van der Waals surface area (Å²) in [5.74, 6) is -1.28. The average Bonchev–Trinajstić information content (AvgIpc) is 3.65. The van der Waals surface area contributed by atoms with Crippen molar-refractivity contribution in [3.05, 3.63) is 90.0 Å². The molecule has 1 aromatic carbocycles. The Morgan fingerprint density at radius 2 is 2.03 bits per heavy atom. The van der Waals surface area contributed by atoms with Crippen molar-refractivity contribution >= 4 is 33.6 Å². The van der Waals surface area contributed by atoms with Crippen molar-refractivity contribution in [2.45, 2.75) is 18.9 Å². The molecule has 0 bridgehead atoms. The Bertz CT molecular complexity index is 1570. The summed E-state index contributed by atoms with van der Waals surface area (Å²) in [6, 6.07) is 12.4. The monoisotopic (exact) mass is 503 g/mol. The number of carbonyl (C=O) groups is 1. The number of nitrogens with one attached hydrogen (secondary N) is 1. The predicted octanol–water partition coefficient (Wildman–Crippen LogP) is 5.12. The first-order valence-electron chi connectivity index (χ1n) is 11.3. The molecule has 8 nitrogen and oxygen atoms in total. The van der Waals surface area contributed by atoms with Crippen molar-refractivity contribution < 1.29 is 13.6 Å². The van der Waals surface area contributed by atoms with Gasteiger partial charge in [0.2, 0.25) is 5.13 Å². The molecule has 0 saturated carbocycles. The van der Waals surface area contributed by atoms with E-state index in [0.29, 0.717) is 27.8 Å². The minimum atomic E-state index is -0.455. The Balaban J connectivity index is 1.23. The van der Waals surface area contributed by atoms with Gasteiger partial charge in [0.25, 0.3) is 5.91 Å². The lowest BCUT2D eigenvalue weighted by Crippen LogP contribution is -2.23. The summed E-state index contributed by atoms with van der Waals surface area (Å²) < 4.78 is 29.9. The second-order valence-corrected chi connectivity index (χ2v) is 9.39. The first-order chi connectivity index (χ1) is 17.5. The zero-order valence-electron chi connectivity index (χ0n) is 18.8. The predicted molar refractivity (Wildman–Crippen MR) is 132 cm³/mol. The molecule has 1 aliphatic heterocycles. The quantitative estimate of drug-likeness (QED) is 0.358. The third-order valence-electron chi connectivity index (χ3n) is 6.13. The van der Waals surface area contributed by atoms with Crippen molar-refractivity contribution in [2.24, 2.45) is 0 Å². The first kappa shape index (κ1) is 22.2. The van der Waals surface area contributed by atoms with Crippen molar-refractivity contribution in [2.75, 3.05) is 16.8 Å². The van der Waals surface area contributed by atoms with Crippen molar-refractivity contribution in [1.29, 1.82) is 0 Å². The van der Waals surface area contributed by atoms with Crippen LogP contribution in [-0.4, -0.2) is 37.2 Å². The van der Waals surface area contributed by atoms with Gasteiger partial charge in [0.05, 0.1) is 11.6 Å². The zero-order valence-corrected chi connectivity index (χ0v) is 19.6. The van der Waals surface area contributed by atoms with E-state index in [0.717, 1.165) is 30.2 Å². The molecule has 1 N–H and O–H groups in total. The fraction of sp³-hybridized carbons (Fsp3) is 0.160. The van der Waals surface area contributed by atoms with Gasteiger partial charge in [-0.3, -0.25) is 15.1 Å². The molecular formula is C25H19F2N7OS. The Kier molecular flexibility index (Phi) is 5.61. The van der Waals surface area contributed by atoms with Gasteiger partial charge in [-0.15, -0.1) is 10.2 Å². The molecule has 0 radical (unpaired) electrons. The number of fused-ring (bicyclic) bond motifs is 1. The van der Waals surface area contributed by atoms with Gasteiger partial charge < -0.3 is 4.90 Å². The third kappa shape index (κ3) is 4.17. The van der Waals surface area contributed by atoms with E-state index in [1.54, 1.807) is 35.2 Å². The van der Waals surface area contributed by atoms with Gasteiger partial charge in [-0.1, -0.05) is 11.3 Å². The summed E-state index contributed by atoms with van der Waals surface area (Å²) >= 11 is 1.24. The van der Waals surface area contributed by atoms with Gasteiger partial charge in [-0.05, 0) is 61.4 Å². The topological polar surface area (TPSA) is 88.3 Å². The average molecular weight is 504 g/mol. The van der Waals surface area contributed by atoms with E-state index in [4.69, 9.17) is 0 Å². The third-order valence-corrected chi connectivity index (χ3v) is 7.02. The van der Waals surface area contributed by atoms with Crippen LogP contribution in [-0.2, 0) is 0 Å².